The summed E-state index contributed by atoms with van der Waals surface area (Å²) < 4.78 is 1.72. The lowest BCUT2D eigenvalue weighted by atomic mass is 10.1. The summed E-state index contributed by atoms with van der Waals surface area (Å²) in [7, 11) is 0. The fourth-order valence-electron chi connectivity index (χ4n) is 3.26. The van der Waals surface area contributed by atoms with E-state index < -0.39 is 0 Å². The Morgan fingerprint density at radius 1 is 1.39 bits per heavy atom. The average molecular weight is 313 g/mol. The van der Waals surface area contributed by atoms with Crippen LogP contribution in [0.5, 0.6) is 0 Å². The van der Waals surface area contributed by atoms with Gasteiger partial charge in [0, 0.05) is 12.6 Å². The maximum absolute atomic E-state index is 12.8. The SMILES string of the molecule is Cc1cccc(-n2nnc(C(=O)N3CC(CN)CC3C)c2C)c1. The van der Waals surface area contributed by atoms with Crippen molar-refractivity contribution in [2.75, 3.05) is 13.1 Å². The highest BCUT2D eigenvalue weighted by atomic mass is 16.2. The van der Waals surface area contributed by atoms with Gasteiger partial charge in [0.15, 0.2) is 5.69 Å². The number of rotatable bonds is 3. The van der Waals surface area contributed by atoms with Crippen molar-refractivity contribution in [2.24, 2.45) is 11.7 Å². The first-order valence-corrected chi connectivity index (χ1v) is 8.01. The Morgan fingerprint density at radius 2 is 2.17 bits per heavy atom. The summed E-state index contributed by atoms with van der Waals surface area (Å²) in [6, 6.07) is 8.19. The molecule has 2 N–H and O–H groups in total. The molecular formula is C17H23N5O. The molecule has 0 radical (unpaired) electrons. The second-order valence-corrected chi connectivity index (χ2v) is 6.42. The molecule has 1 aromatic heterocycles. The zero-order chi connectivity index (χ0) is 16.6. The van der Waals surface area contributed by atoms with Gasteiger partial charge in [-0.1, -0.05) is 17.3 Å². The molecule has 6 heteroatoms. The number of carbonyl (C=O) groups excluding carboxylic acids is 1. The number of hydrogen-bond acceptors (Lipinski definition) is 4. The summed E-state index contributed by atoms with van der Waals surface area (Å²) in [5.41, 5.74) is 9.01. The minimum absolute atomic E-state index is 0.0511. The van der Waals surface area contributed by atoms with Crippen molar-refractivity contribution in [3.63, 3.8) is 0 Å². The summed E-state index contributed by atoms with van der Waals surface area (Å²) in [6.07, 6.45) is 0.952. The van der Waals surface area contributed by atoms with Crippen LogP contribution < -0.4 is 5.73 Å². The molecule has 2 aromatic rings. The number of carbonyl (C=O) groups is 1. The third-order valence-electron chi connectivity index (χ3n) is 4.60. The van der Waals surface area contributed by atoms with Crippen molar-refractivity contribution >= 4 is 5.91 Å². The van der Waals surface area contributed by atoms with Crippen LogP contribution in [0.3, 0.4) is 0 Å². The number of nitrogens with two attached hydrogens (primary N) is 1. The summed E-state index contributed by atoms with van der Waals surface area (Å²) in [5, 5.41) is 8.32. The lowest BCUT2D eigenvalue weighted by Gasteiger charge is -2.20. The summed E-state index contributed by atoms with van der Waals surface area (Å²) >= 11 is 0. The maximum Gasteiger partial charge on any atom is 0.276 e. The van der Waals surface area contributed by atoms with Gasteiger partial charge < -0.3 is 10.6 Å². The Labute approximate surface area is 136 Å². The minimum atomic E-state index is -0.0511. The summed E-state index contributed by atoms with van der Waals surface area (Å²) in [4.78, 5) is 14.7. The molecule has 0 aliphatic carbocycles. The van der Waals surface area contributed by atoms with Crippen LogP contribution in [0.15, 0.2) is 24.3 Å². The Kier molecular flexibility index (Phi) is 4.17. The quantitative estimate of drug-likeness (QED) is 0.935. The smallest absolute Gasteiger partial charge is 0.276 e. The molecule has 2 heterocycles. The highest BCUT2D eigenvalue weighted by Gasteiger charge is 2.34. The standard InChI is InChI=1S/C17H23N5O/c1-11-5-4-6-15(7-11)22-13(3)16(19-20-22)17(23)21-10-14(9-18)8-12(21)2/h4-7,12,14H,8-10,18H2,1-3H3. The van der Waals surface area contributed by atoms with Crippen molar-refractivity contribution < 1.29 is 4.79 Å². The van der Waals surface area contributed by atoms with Gasteiger partial charge in [-0.25, -0.2) is 4.68 Å². The van der Waals surface area contributed by atoms with Crippen molar-refractivity contribution in [1.82, 2.24) is 19.9 Å². The topological polar surface area (TPSA) is 77.0 Å². The highest BCUT2D eigenvalue weighted by molar-refractivity contribution is 5.93. The zero-order valence-corrected chi connectivity index (χ0v) is 13.9. The molecule has 23 heavy (non-hydrogen) atoms. The second kappa shape index (κ2) is 6.12. The molecule has 2 unspecified atom stereocenters. The van der Waals surface area contributed by atoms with Crippen molar-refractivity contribution in [1.29, 1.82) is 0 Å². The van der Waals surface area contributed by atoms with E-state index >= 15 is 0 Å². The van der Waals surface area contributed by atoms with Gasteiger partial charge in [-0.3, -0.25) is 4.79 Å². The van der Waals surface area contributed by atoms with Gasteiger partial charge in [0.25, 0.3) is 5.91 Å². The Balaban J connectivity index is 1.89. The van der Waals surface area contributed by atoms with Crippen LogP contribution in [0, 0.1) is 19.8 Å². The number of hydrogen-bond donors (Lipinski definition) is 1. The normalized spacial score (nSPS) is 21.0. The van der Waals surface area contributed by atoms with Gasteiger partial charge in [0.2, 0.25) is 0 Å². The van der Waals surface area contributed by atoms with Crippen LogP contribution in [-0.4, -0.2) is 44.9 Å². The first-order chi connectivity index (χ1) is 11.0. The van der Waals surface area contributed by atoms with Crippen LogP contribution in [-0.2, 0) is 0 Å². The maximum atomic E-state index is 12.8. The van der Waals surface area contributed by atoms with Crippen LogP contribution in [0.25, 0.3) is 5.69 Å². The van der Waals surface area contributed by atoms with Gasteiger partial charge in [-0.15, -0.1) is 5.10 Å². The molecule has 2 atom stereocenters. The van der Waals surface area contributed by atoms with E-state index in [0.717, 1.165) is 23.4 Å². The van der Waals surface area contributed by atoms with E-state index in [-0.39, 0.29) is 11.9 Å². The fraction of sp³-hybridized carbons (Fsp3) is 0.471. The molecule has 0 saturated carbocycles. The fourth-order valence-corrected chi connectivity index (χ4v) is 3.26. The van der Waals surface area contributed by atoms with Gasteiger partial charge in [-0.05, 0) is 57.4 Å². The molecule has 1 saturated heterocycles. The van der Waals surface area contributed by atoms with Gasteiger partial charge in [0.1, 0.15) is 0 Å². The number of benzene rings is 1. The Morgan fingerprint density at radius 3 is 2.83 bits per heavy atom. The van der Waals surface area contributed by atoms with E-state index in [1.54, 1.807) is 4.68 Å². The van der Waals surface area contributed by atoms with Gasteiger partial charge in [-0.2, -0.15) is 0 Å². The van der Waals surface area contributed by atoms with E-state index in [2.05, 4.69) is 17.2 Å². The largest absolute Gasteiger partial charge is 0.334 e. The second-order valence-electron chi connectivity index (χ2n) is 6.42. The van der Waals surface area contributed by atoms with Crippen LogP contribution in [0.2, 0.25) is 0 Å². The molecule has 0 bridgehead atoms. The van der Waals surface area contributed by atoms with E-state index in [1.807, 2.05) is 43.0 Å². The monoisotopic (exact) mass is 313 g/mol. The van der Waals surface area contributed by atoms with Crippen LogP contribution in [0.4, 0.5) is 0 Å². The van der Waals surface area contributed by atoms with E-state index in [9.17, 15) is 4.79 Å². The van der Waals surface area contributed by atoms with Gasteiger partial charge in [0.05, 0.1) is 11.4 Å². The molecule has 1 aliphatic rings. The number of amides is 1. The number of aryl methyl sites for hydroxylation is 1. The molecule has 1 aromatic carbocycles. The molecule has 6 nitrogen and oxygen atoms in total. The van der Waals surface area contributed by atoms with Crippen molar-refractivity contribution in [2.45, 2.75) is 33.2 Å². The first kappa shape index (κ1) is 15.7. The third kappa shape index (κ3) is 2.86. The zero-order valence-electron chi connectivity index (χ0n) is 13.9. The molecule has 3 rings (SSSR count). The minimum Gasteiger partial charge on any atom is -0.334 e. The first-order valence-electron chi connectivity index (χ1n) is 8.01. The Bertz CT molecular complexity index is 724. The number of likely N-dealkylation sites (tertiary alicyclic amines) is 1. The average Bonchev–Trinajstić information content (AvgIpc) is 3.09. The summed E-state index contributed by atoms with van der Waals surface area (Å²) in [6.45, 7) is 7.29. The highest BCUT2D eigenvalue weighted by Crippen LogP contribution is 2.25. The molecule has 1 aliphatic heterocycles. The van der Waals surface area contributed by atoms with E-state index in [0.29, 0.717) is 24.7 Å². The van der Waals surface area contributed by atoms with E-state index in [1.165, 1.54) is 0 Å². The van der Waals surface area contributed by atoms with Crippen LogP contribution in [0.1, 0.15) is 35.1 Å². The molecule has 122 valence electrons. The van der Waals surface area contributed by atoms with Crippen LogP contribution >= 0.6 is 0 Å². The lowest BCUT2D eigenvalue weighted by Crippen LogP contribution is -2.35. The van der Waals surface area contributed by atoms with E-state index in [4.69, 9.17) is 5.73 Å². The predicted octanol–water partition coefficient (Wildman–Crippen LogP) is 1.69. The molecule has 1 fully saturated rings. The predicted molar refractivity (Wildman–Crippen MR) is 88.5 cm³/mol. The lowest BCUT2D eigenvalue weighted by molar-refractivity contribution is 0.0736. The molecular weight excluding hydrogens is 290 g/mol. The molecule has 0 spiro atoms. The molecule has 1 amide bonds. The summed E-state index contributed by atoms with van der Waals surface area (Å²) in [5.74, 6) is 0.325. The number of nitrogens with zero attached hydrogens (tertiary/aromatic N) is 4. The van der Waals surface area contributed by atoms with Crippen molar-refractivity contribution in [3.05, 3.63) is 41.2 Å². The van der Waals surface area contributed by atoms with Gasteiger partial charge >= 0.3 is 0 Å². The van der Waals surface area contributed by atoms with Crippen molar-refractivity contribution in [3.8, 4) is 5.69 Å². The Hall–Kier alpha value is -2.21. The third-order valence-corrected chi connectivity index (χ3v) is 4.60. The number of aromatic nitrogens is 3.